The largest absolute Gasteiger partial charge is 0.505 e. The van der Waals surface area contributed by atoms with Gasteiger partial charge in [0.05, 0.1) is 76.8 Å². The van der Waals surface area contributed by atoms with Crippen LogP contribution >= 0.6 is 78.5 Å². The Morgan fingerprint density at radius 3 is 0.897 bits per heavy atom. The molecule has 0 saturated carbocycles. The van der Waals surface area contributed by atoms with Gasteiger partial charge in [0.2, 0.25) is 42.3 Å². The van der Waals surface area contributed by atoms with Gasteiger partial charge in [-0.15, -0.1) is 25.3 Å². The summed E-state index contributed by atoms with van der Waals surface area (Å²) in [6.07, 6.45) is 5.74. The van der Waals surface area contributed by atoms with Crippen molar-refractivity contribution >= 4 is 168 Å². The van der Waals surface area contributed by atoms with E-state index in [4.69, 9.17) is 64.7 Å². The number of aromatic hydroxyl groups is 1. The normalized spacial score (nSPS) is 14.1. The average molecular weight is 2340 g/mol. The van der Waals surface area contributed by atoms with Gasteiger partial charge in [0.25, 0.3) is 18.1 Å². The third kappa shape index (κ3) is 41.5. The van der Waals surface area contributed by atoms with Crippen LogP contribution in [0.4, 0.5) is 26.3 Å². The standard InChI is InChI=1S/C21H23F2NO5S.C19H19F2NO5S.C15H20BrNO4S.C10H10BrClO4S.C10H11ClO4S.C10H12O2S.C8H8O2S.C6H4F2O/c1-2-28-21(25)20(29-19-11-8-16(22)14-18(19)23)15-6-9-17(10-7-15)30(26,27)24-12-4-3-5-13-24;20-14-6-9-17(16(21)12-14)27-18(19(23)24)13-4-7-15(8-5-13)28(25,26)22-10-2-1-3-11-22;1-2-21-15(18)14(16)12-6-8-13(9-7-12)22(19,20)17-10-4-3-5-11-17;1-2-16-10(13)9(11)7-3-5-8(6-4-7)17(12,14)15;1-2-15-10(12)7-8-3-5-9(6-4-8)16(11,13)14;1-2-12-10(11)7-8-3-5-9(13)6-4-8;9-8(10)5-6-1-3-7(11)4-2-6;7-4-1-2-6(9)5(8)3-4/h6-11,14,20H,2-5,12-13H2,1H3;4-9,12,18H,1-3,10-11H2,(H,23,24);6-9,14H,2-5,10-11H2,1H3;3-6,9H,2H2,1H3;3-6H,2,7H2,1H3;3-6,13H,2,7H2,1H3;1-4,11H,5H2,(H,9,10);1-3,9H. The maximum atomic E-state index is 14.0. The van der Waals surface area contributed by atoms with Crippen molar-refractivity contribution in [2.75, 3.05) is 72.3 Å². The number of aliphatic carboxylic acids is 2. The van der Waals surface area contributed by atoms with Crippen molar-refractivity contribution in [1.29, 1.82) is 0 Å². The molecule has 0 spiro atoms. The highest BCUT2D eigenvalue weighted by molar-refractivity contribution is 9.09. The number of hydrogen-bond donors (Lipinski definition) is 5. The monoisotopic (exact) mass is 2340 g/mol. The van der Waals surface area contributed by atoms with E-state index in [0.29, 0.717) is 100 Å². The number of phenols is 1. The lowest BCUT2D eigenvalue weighted by molar-refractivity contribution is -0.152. The van der Waals surface area contributed by atoms with Crippen LogP contribution in [0.3, 0.4) is 0 Å². The molecule has 792 valence electrons. The van der Waals surface area contributed by atoms with Gasteiger partial charge in [-0.05, 0) is 222 Å². The molecule has 13 rings (SSSR count). The van der Waals surface area contributed by atoms with Gasteiger partial charge in [0.15, 0.2) is 34.7 Å². The molecule has 3 fully saturated rings. The molecule has 0 amide bonds. The molecule has 3 N–H and O–H groups in total. The fourth-order valence-corrected chi connectivity index (χ4v) is 20.5. The molecule has 146 heavy (non-hydrogen) atoms. The summed E-state index contributed by atoms with van der Waals surface area (Å²) in [7, 11) is -7.83. The van der Waals surface area contributed by atoms with Crippen LogP contribution in [-0.4, -0.2) is 184 Å². The van der Waals surface area contributed by atoms with Crippen LogP contribution in [0.25, 0.3) is 0 Å². The fraction of sp³-hybridized carbons (Fsp3) is 0.323. The first-order chi connectivity index (χ1) is 69.0. The van der Waals surface area contributed by atoms with Crippen molar-refractivity contribution < 1.29 is 150 Å². The van der Waals surface area contributed by atoms with Crippen molar-refractivity contribution in [3.05, 3.63) is 298 Å². The van der Waals surface area contributed by atoms with E-state index in [1.165, 1.54) is 110 Å². The van der Waals surface area contributed by atoms with E-state index in [1.807, 2.05) is 24.3 Å². The highest BCUT2D eigenvalue weighted by Gasteiger charge is 2.33. The Balaban J connectivity index is 0.000000262. The molecule has 4 atom stereocenters. The third-order valence-electron chi connectivity index (χ3n) is 20.5. The molecule has 0 bridgehead atoms. The number of phenolic OH excluding ortho intramolecular Hbond substituents is 1. The van der Waals surface area contributed by atoms with Gasteiger partial charge < -0.3 is 48.5 Å². The topological polar surface area (TPSA) is 425 Å². The van der Waals surface area contributed by atoms with Crippen LogP contribution in [0, 0.1) is 34.9 Å². The number of carboxylic acid groups (broad SMARTS) is 2. The van der Waals surface area contributed by atoms with E-state index < -0.39 is 140 Å². The molecular weight excluding hydrogens is 2230 g/mol. The van der Waals surface area contributed by atoms with E-state index >= 15 is 0 Å². The second-order valence-electron chi connectivity index (χ2n) is 31.1. The molecule has 3 saturated heterocycles. The van der Waals surface area contributed by atoms with E-state index in [-0.39, 0.29) is 85.3 Å². The number of piperidine rings is 3. The molecule has 10 aromatic carbocycles. The third-order valence-corrected chi connectivity index (χ3v) is 31.4. The van der Waals surface area contributed by atoms with Crippen LogP contribution in [0.2, 0.25) is 0 Å². The van der Waals surface area contributed by atoms with E-state index in [9.17, 15) is 107 Å². The molecule has 30 nitrogen and oxygen atoms in total. The lowest BCUT2D eigenvalue weighted by Gasteiger charge is -2.26. The van der Waals surface area contributed by atoms with Crippen molar-refractivity contribution in [1.82, 2.24) is 12.9 Å². The quantitative estimate of drug-likeness (QED) is 0.00673. The first-order valence-electron chi connectivity index (χ1n) is 44.8. The summed E-state index contributed by atoms with van der Waals surface area (Å²) < 4.78 is 237. The van der Waals surface area contributed by atoms with E-state index in [1.54, 1.807) is 83.1 Å². The van der Waals surface area contributed by atoms with Crippen LogP contribution in [-0.2, 0) is 125 Å². The number of esters is 5. The zero-order chi connectivity index (χ0) is 108. The summed E-state index contributed by atoms with van der Waals surface area (Å²) in [5.41, 5.74) is 4.14. The Hall–Kier alpha value is -10.7. The van der Waals surface area contributed by atoms with Crippen molar-refractivity contribution in [2.45, 2.75) is 168 Å². The number of rotatable bonds is 31. The molecular formula is C99H107Br2Cl2F6N3O27S7. The highest BCUT2D eigenvalue weighted by Crippen LogP contribution is 2.34. The number of nitrogens with zero attached hydrogens (tertiary/aromatic N) is 3. The van der Waals surface area contributed by atoms with Gasteiger partial charge in [-0.1, -0.05) is 136 Å². The van der Waals surface area contributed by atoms with Gasteiger partial charge in [-0.25, -0.2) is 78.0 Å². The first-order valence-corrected chi connectivity index (χ1v) is 56.5. The molecule has 3 aliphatic heterocycles. The Morgan fingerprint density at radius 1 is 0.342 bits per heavy atom. The Labute approximate surface area is 880 Å². The Morgan fingerprint density at radius 2 is 0.610 bits per heavy atom. The van der Waals surface area contributed by atoms with Crippen molar-refractivity contribution in [3.63, 3.8) is 0 Å². The van der Waals surface area contributed by atoms with Crippen molar-refractivity contribution in [2.24, 2.45) is 0 Å². The minimum absolute atomic E-state index is 0.00789. The molecule has 0 aromatic heterocycles. The Kier molecular flexibility index (Phi) is 52.1. The molecule has 4 unspecified atom stereocenters. The SMILES string of the molecule is CCOC(=O)C(Br)c1ccc(S(=O)(=O)Cl)cc1.CCOC(=O)C(Br)c1ccc(S(=O)(=O)N2CCCCC2)cc1.CCOC(=O)C(Oc1ccc(F)cc1F)c1ccc(S(=O)(=O)N2CCCCC2)cc1.CCOC(=O)Cc1ccc(S(=O)(=O)Cl)cc1.CCOC(=O)Cc1ccc(S)cc1.O=C(O)C(Oc1ccc(F)cc1F)c1ccc(S(=O)(=O)N2CCCCC2)cc1.O=C(O)Cc1ccc(S)cc1.Oc1ccc(F)cc1F. The summed E-state index contributed by atoms with van der Waals surface area (Å²) in [6.45, 7) is 13.0. The number of carbonyl (C=O) groups is 7. The number of hydrogen-bond acceptors (Lipinski definition) is 27. The summed E-state index contributed by atoms with van der Waals surface area (Å²) in [5, 5.41) is 26.3. The summed E-state index contributed by atoms with van der Waals surface area (Å²) in [4.78, 5) is 80.4. The zero-order valence-corrected chi connectivity index (χ0v) is 89.7. The first kappa shape index (κ1) is 124. The Bertz CT molecular complexity index is 6560. The molecule has 3 heterocycles. The van der Waals surface area contributed by atoms with Gasteiger partial charge in [0.1, 0.15) is 27.1 Å². The van der Waals surface area contributed by atoms with Crippen LogP contribution < -0.4 is 9.47 Å². The van der Waals surface area contributed by atoms with E-state index in [0.717, 1.165) is 115 Å². The van der Waals surface area contributed by atoms with Crippen LogP contribution in [0.15, 0.2) is 259 Å². The number of thiol groups is 2. The molecule has 10 aromatic rings. The van der Waals surface area contributed by atoms with Gasteiger partial charge in [-0.3, -0.25) is 24.0 Å². The molecule has 47 heteroatoms. The maximum absolute atomic E-state index is 14.0. The second kappa shape index (κ2) is 61.3. The zero-order valence-electron chi connectivity index (χ0n) is 79.1. The van der Waals surface area contributed by atoms with E-state index in [2.05, 4.69) is 57.1 Å². The number of sulfonamides is 3. The summed E-state index contributed by atoms with van der Waals surface area (Å²) in [5.74, 6) is -10.8. The number of benzene rings is 10. The number of carbonyl (C=O) groups excluding carboxylic acids is 5. The highest BCUT2D eigenvalue weighted by atomic mass is 79.9. The number of ether oxygens (including phenoxy) is 7. The molecule has 3 aliphatic rings. The van der Waals surface area contributed by atoms with Crippen LogP contribution in [0.5, 0.6) is 17.2 Å². The summed E-state index contributed by atoms with van der Waals surface area (Å²) >= 11 is 14.7. The molecule has 0 radical (unpaired) electrons. The lowest BCUT2D eigenvalue weighted by atomic mass is 10.1. The van der Waals surface area contributed by atoms with Gasteiger partial charge >= 0.3 is 41.8 Å². The molecule has 0 aliphatic carbocycles. The second-order valence-corrected chi connectivity index (χ2v) is 44.9. The van der Waals surface area contributed by atoms with Gasteiger partial charge in [0, 0.05) is 99.8 Å². The number of alkyl halides is 2. The lowest BCUT2D eigenvalue weighted by Crippen LogP contribution is -2.35. The average Bonchev–Trinajstić information content (AvgIpc) is 0.800. The maximum Gasteiger partial charge on any atom is 0.352 e. The summed E-state index contributed by atoms with van der Waals surface area (Å²) in [6, 6.07) is 51.1. The van der Waals surface area contributed by atoms with Crippen molar-refractivity contribution in [3.8, 4) is 17.2 Å². The number of carboxylic acids is 2. The van der Waals surface area contributed by atoms with Gasteiger partial charge in [-0.2, -0.15) is 12.9 Å². The smallest absolute Gasteiger partial charge is 0.352 e. The van der Waals surface area contributed by atoms with Crippen LogP contribution in [0.1, 0.15) is 153 Å². The predicted molar refractivity (Wildman–Crippen MR) is 544 cm³/mol. The minimum atomic E-state index is -3.74. The minimum Gasteiger partial charge on any atom is -0.505 e. The fourth-order valence-electron chi connectivity index (χ4n) is 13.2. The number of halogens is 10. The predicted octanol–water partition coefficient (Wildman–Crippen LogP) is 19.7.